The monoisotopic (exact) mass is 283 g/mol. The summed E-state index contributed by atoms with van der Waals surface area (Å²) < 4.78 is 6.36. The largest absolute Gasteiger partial charge is 0.496 e. The molecule has 0 amide bonds. The molecule has 1 heterocycles. The maximum absolute atomic E-state index is 12.7. The van der Waals surface area contributed by atoms with Crippen molar-refractivity contribution >= 4 is 32.9 Å². The summed E-state index contributed by atoms with van der Waals surface area (Å²) in [5.41, 5.74) is 7.54. The lowest BCUT2D eigenvalue weighted by Crippen LogP contribution is -2.04. The lowest BCUT2D eigenvalue weighted by molar-refractivity contribution is 0.103. The quantitative estimate of drug-likeness (QED) is 0.588. The highest BCUT2D eigenvalue weighted by atomic mass is 32.1. The van der Waals surface area contributed by atoms with Gasteiger partial charge >= 0.3 is 0 Å². The van der Waals surface area contributed by atoms with Gasteiger partial charge in [-0.25, -0.2) is 0 Å². The Morgan fingerprint density at radius 2 is 1.95 bits per heavy atom. The third-order valence-electron chi connectivity index (χ3n) is 3.20. The number of benzene rings is 2. The van der Waals surface area contributed by atoms with E-state index in [9.17, 15) is 4.79 Å². The van der Waals surface area contributed by atoms with E-state index >= 15 is 0 Å². The van der Waals surface area contributed by atoms with Crippen molar-refractivity contribution in [3.05, 3.63) is 59.0 Å². The van der Waals surface area contributed by atoms with Gasteiger partial charge in [0.2, 0.25) is 0 Å². The van der Waals surface area contributed by atoms with Crippen LogP contribution in [0, 0.1) is 0 Å². The van der Waals surface area contributed by atoms with Crippen LogP contribution in [0.2, 0.25) is 0 Å². The summed E-state index contributed by atoms with van der Waals surface area (Å²) >= 11 is 1.57. The predicted molar refractivity (Wildman–Crippen MR) is 82.7 cm³/mol. The number of nitrogen functional groups attached to an aromatic ring is 1. The number of methoxy groups -OCH3 is 1. The van der Waals surface area contributed by atoms with Gasteiger partial charge < -0.3 is 10.5 Å². The zero-order valence-electron chi connectivity index (χ0n) is 10.9. The second-order valence-corrected chi connectivity index (χ2v) is 5.35. The molecule has 3 aromatic rings. The van der Waals surface area contributed by atoms with Gasteiger partial charge in [0, 0.05) is 32.8 Å². The van der Waals surface area contributed by atoms with E-state index in [4.69, 9.17) is 10.5 Å². The Hall–Kier alpha value is -2.33. The molecule has 0 unspecified atom stereocenters. The Bertz CT molecular complexity index is 792. The molecule has 0 aliphatic carbocycles. The highest BCUT2D eigenvalue weighted by molar-refractivity contribution is 7.17. The molecule has 2 aromatic carbocycles. The van der Waals surface area contributed by atoms with Crippen LogP contribution in [0.5, 0.6) is 5.75 Å². The van der Waals surface area contributed by atoms with Crippen LogP contribution in [0.15, 0.2) is 47.8 Å². The first-order valence-electron chi connectivity index (χ1n) is 6.15. The number of hydrogen-bond acceptors (Lipinski definition) is 4. The normalized spacial score (nSPS) is 10.7. The van der Waals surface area contributed by atoms with Gasteiger partial charge in [-0.1, -0.05) is 18.2 Å². The molecule has 0 aliphatic heterocycles. The molecule has 0 aliphatic rings. The molecule has 20 heavy (non-hydrogen) atoms. The van der Waals surface area contributed by atoms with Crippen LogP contribution in [0.25, 0.3) is 10.1 Å². The minimum atomic E-state index is -0.0423. The third kappa shape index (κ3) is 2.04. The van der Waals surface area contributed by atoms with E-state index in [-0.39, 0.29) is 5.78 Å². The highest BCUT2D eigenvalue weighted by Crippen LogP contribution is 2.30. The van der Waals surface area contributed by atoms with Gasteiger partial charge in [-0.2, -0.15) is 0 Å². The SMILES string of the molecule is COc1cc(N)ccc1C(=O)c1csc2ccccc12. The highest BCUT2D eigenvalue weighted by Gasteiger charge is 2.18. The summed E-state index contributed by atoms with van der Waals surface area (Å²) in [4.78, 5) is 12.7. The average Bonchev–Trinajstić information content (AvgIpc) is 2.90. The molecule has 0 saturated carbocycles. The second kappa shape index (κ2) is 4.98. The summed E-state index contributed by atoms with van der Waals surface area (Å²) in [5, 5.41) is 2.87. The van der Waals surface area contributed by atoms with E-state index in [2.05, 4.69) is 0 Å². The molecule has 1 aromatic heterocycles. The van der Waals surface area contributed by atoms with Crippen LogP contribution >= 0.6 is 11.3 Å². The zero-order valence-corrected chi connectivity index (χ0v) is 11.7. The summed E-state index contributed by atoms with van der Waals surface area (Å²) in [6.07, 6.45) is 0. The van der Waals surface area contributed by atoms with Crippen molar-refractivity contribution in [3.63, 3.8) is 0 Å². The van der Waals surface area contributed by atoms with Crippen molar-refractivity contribution in [2.45, 2.75) is 0 Å². The smallest absolute Gasteiger partial charge is 0.198 e. The van der Waals surface area contributed by atoms with Crippen molar-refractivity contribution < 1.29 is 9.53 Å². The Balaban J connectivity index is 2.13. The first kappa shape index (κ1) is 12.7. The second-order valence-electron chi connectivity index (χ2n) is 4.43. The maximum Gasteiger partial charge on any atom is 0.198 e. The van der Waals surface area contributed by atoms with Crippen LogP contribution in [0.4, 0.5) is 5.69 Å². The molecule has 0 saturated heterocycles. The first-order chi connectivity index (χ1) is 9.70. The number of anilines is 1. The molecule has 0 spiro atoms. The van der Waals surface area contributed by atoms with Gasteiger partial charge in [-0.05, 0) is 18.2 Å². The third-order valence-corrected chi connectivity index (χ3v) is 4.16. The average molecular weight is 283 g/mol. The number of carbonyl (C=O) groups is 1. The predicted octanol–water partition coefficient (Wildman–Crippen LogP) is 3.72. The molecule has 3 nitrogen and oxygen atoms in total. The Morgan fingerprint density at radius 1 is 1.15 bits per heavy atom. The lowest BCUT2D eigenvalue weighted by atomic mass is 10.0. The molecule has 2 N–H and O–H groups in total. The van der Waals surface area contributed by atoms with E-state index in [1.165, 1.54) is 7.11 Å². The van der Waals surface area contributed by atoms with Gasteiger partial charge in [0.1, 0.15) is 5.75 Å². The molecule has 100 valence electrons. The fraction of sp³-hybridized carbons (Fsp3) is 0.0625. The molecule has 0 radical (unpaired) electrons. The van der Waals surface area contributed by atoms with E-state index in [0.717, 1.165) is 10.1 Å². The molecular weight excluding hydrogens is 270 g/mol. The van der Waals surface area contributed by atoms with Crippen LogP contribution in [-0.2, 0) is 0 Å². The number of ether oxygens (including phenoxy) is 1. The van der Waals surface area contributed by atoms with Gasteiger partial charge in [0.15, 0.2) is 5.78 Å². The van der Waals surface area contributed by atoms with Crippen molar-refractivity contribution in [2.75, 3.05) is 12.8 Å². The molecular formula is C16H13NO2S. The first-order valence-corrected chi connectivity index (χ1v) is 7.03. The molecule has 0 atom stereocenters. The Kier molecular flexibility index (Phi) is 3.16. The van der Waals surface area contributed by atoms with E-state index in [1.807, 2.05) is 29.6 Å². The standard InChI is InChI=1S/C16H13NO2S/c1-19-14-8-10(17)6-7-12(14)16(18)13-9-20-15-5-3-2-4-11(13)15/h2-9H,17H2,1H3. The lowest BCUT2D eigenvalue weighted by Gasteiger charge is -2.08. The fourth-order valence-corrected chi connectivity index (χ4v) is 3.14. The number of rotatable bonds is 3. The van der Waals surface area contributed by atoms with E-state index < -0.39 is 0 Å². The number of hydrogen-bond donors (Lipinski definition) is 1. The van der Waals surface area contributed by atoms with Crippen LogP contribution in [0.1, 0.15) is 15.9 Å². The number of carbonyl (C=O) groups excluding carboxylic acids is 1. The minimum Gasteiger partial charge on any atom is -0.496 e. The van der Waals surface area contributed by atoms with Gasteiger partial charge in [0.05, 0.1) is 12.7 Å². The van der Waals surface area contributed by atoms with Gasteiger partial charge in [-0.15, -0.1) is 11.3 Å². The van der Waals surface area contributed by atoms with E-state index in [1.54, 1.807) is 29.5 Å². The van der Waals surface area contributed by atoms with Crippen molar-refractivity contribution in [1.29, 1.82) is 0 Å². The van der Waals surface area contributed by atoms with Crippen LogP contribution in [-0.4, -0.2) is 12.9 Å². The Morgan fingerprint density at radius 3 is 2.75 bits per heavy atom. The van der Waals surface area contributed by atoms with Gasteiger partial charge in [0.25, 0.3) is 0 Å². The van der Waals surface area contributed by atoms with E-state index in [0.29, 0.717) is 22.6 Å². The fourth-order valence-electron chi connectivity index (χ4n) is 2.19. The molecule has 3 rings (SSSR count). The van der Waals surface area contributed by atoms with Gasteiger partial charge in [-0.3, -0.25) is 4.79 Å². The minimum absolute atomic E-state index is 0.0423. The molecule has 0 fully saturated rings. The van der Waals surface area contributed by atoms with Crippen molar-refractivity contribution in [3.8, 4) is 5.75 Å². The molecule has 0 bridgehead atoms. The van der Waals surface area contributed by atoms with Crippen LogP contribution < -0.4 is 10.5 Å². The summed E-state index contributed by atoms with van der Waals surface area (Å²) in [5.74, 6) is 0.463. The number of ketones is 1. The van der Waals surface area contributed by atoms with Crippen molar-refractivity contribution in [1.82, 2.24) is 0 Å². The molecule has 4 heteroatoms. The topological polar surface area (TPSA) is 52.3 Å². The summed E-state index contributed by atoms with van der Waals surface area (Å²) in [7, 11) is 1.54. The zero-order chi connectivity index (χ0) is 14.1. The number of thiophene rings is 1. The Labute approximate surface area is 120 Å². The summed E-state index contributed by atoms with van der Waals surface area (Å²) in [6.45, 7) is 0. The van der Waals surface area contributed by atoms with Crippen molar-refractivity contribution in [2.24, 2.45) is 0 Å². The number of nitrogens with two attached hydrogens (primary N) is 1. The maximum atomic E-state index is 12.7. The number of fused-ring (bicyclic) bond motifs is 1. The van der Waals surface area contributed by atoms with Crippen LogP contribution in [0.3, 0.4) is 0 Å². The summed E-state index contributed by atoms with van der Waals surface area (Å²) in [6, 6.07) is 13.0.